The number of fused-ring (bicyclic) bond motifs is 1. The number of aromatic nitrogens is 2. The molecule has 0 aliphatic carbocycles. The van der Waals surface area contributed by atoms with Gasteiger partial charge in [0.1, 0.15) is 17.8 Å². The molecule has 5 rings (SSSR count). The molecule has 1 N–H and O–H groups in total. The lowest BCUT2D eigenvalue weighted by Crippen LogP contribution is -2.41. The Morgan fingerprint density at radius 1 is 0.925 bits per heavy atom. The van der Waals surface area contributed by atoms with Crippen LogP contribution in [0.5, 0.6) is 11.5 Å². The van der Waals surface area contributed by atoms with E-state index < -0.39 is 18.1 Å². The third-order valence-corrected chi connectivity index (χ3v) is 6.28. The van der Waals surface area contributed by atoms with Crippen molar-refractivity contribution in [2.45, 2.75) is 6.36 Å². The van der Waals surface area contributed by atoms with Crippen LogP contribution in [-0.2, 0) is 4.74 Å². The Kier molecular flexibility index (Phi) is 7.99. The molecule has 9 nitrogen and oxygen atoms in total. The van der Waals surface area contributed by atoms with Crippen LogP contribution in [-0.4, -0.2) is 72.1 Å². The monoisotopic (exact) mass is 554 g/mol. The molecule has 4 aromatic rings. The van der Waals surface area contributed by atoms with Crippen LogP contribution in [0.4, 0.5) is 13.2 Å². The predicted molar refractivity (Wildman–Crippen MR) is 139 cm³/mol. The summed E-state index contributed by atoms with van der Waals surface area (Å²) in [7, 11) is 0. The van der Waals surface area contributed by atoms with Crippen LogP contribution in [0.15, 0.2) is 73.1 Å². The van der Waals surface area contributed by atoms with E-state index in [0.29, 0.717) is 30.8 Å². The van der Waals surface area contributed by atoms with Crippen LogP contribution in [0.1, 0.15) is 20.7 Å². The van der Waals surface area contributed by atoms with Crippen molar-refractivity contribution in [1.82, 2.24) is 19.8 Å². The van der Waals surface area contributed by atoms with Crippen molar-refractivity contribution in [2.75, 3.05) is 39.4 Å². The highest BCUT2D eigenvalue weighted by Gasteiger charge is 2.31. The highest BCUT2D eigenvalue weighted by molar-refractivity contribution is 5.97. The maximum absolute atomic E-state index is 12.6. The fourth-order valence-corrected chi connectivity index (χ4v) is 4.25. The van der Waals surface area contributed by atoms with Crippen molar-refractivity contribution in [3.63, 3.8) is 0 Å². The molecule has 0 spiro atoms. The lowest BCUT2D eigenvalue weighted by atomic mass is 10.2. The van der Waals surface area contributed by atoms with E-state index in [4.69, 9.17) is 9.47 Å². The average Bonchev–Trinajstić information content (AvgIpc) is 3.37. The molecule has 1 aromatic heterocycles. The number of imidazole rings is 1. The minimum absolute atomic E-state index is 0.0696. The van der Waals surface area contributed by atoms with Gasteiger partial charge >= 0.3 is 12.3 Å². The summed E-state index contributed by atoms with van der Waals surface area (Å²) in [5.74, 6) is -1.07. The van der Waals surface area contributed by atoms with E-state index in [1.165, 1.54) is 12.1 Å². The molecule has 0 saturated carbocycles. The third kappa shape index (κ3) is 6.77. The summed E-state index contributed by atoms with van der Waals surface area (Å²) >= 11 is 0. The number of esters is 1. The molecule has 2 heterocycles. The molecule has 1 aliphatic rings. The molecule has 1 aliphatic heterocycles. The number of amides is 1. The van der Waals surface area contributed by atoms with Gasteiger partial charge in [-0.2, -0.15) is 0 Å². The molecule has 0 radical (unpaired) electrons. The minimum Gasteiger partial charge on any atom is -0.423 e. The van der Waals surface area contributed by atoms with Crippen LogP contribution in [0.25, 0.3) is 16.7 Å². The number of rotatable bonds is 8. The Morgan fingerprint density at radius 3 is 2.30 bits per heavy atom. The smallest absolute Gasteiger partial charge is 0.423 e. The van der Waals surface area contributed by atoms with Gasteiger partial charge in [-0.3, -0.25) is 14.3 Å². The zero-order chi connectivity index (χ0) is 28.1. The van der Waals surface area contributed by atoms with Crippen LogP contribution in [0, 0.1) is 0 Å². The van der Waals surface area contributed by atoms with Gasteiger partial charge in [0, 0.05) is 37.4 Å². The number of nitrogens with one attached hydrogen (secondary N) is 1. The zero-order valence-electron chi connectivity index (χ0n) is 21.2. The molecule has 0 unspecified atom stereocenters. The Bertz CT molecular complexity index is 1480. The summed E-state index contributed by atoms with van der Waals surface area (Å²) in [5, 5.41) is 2.95. The van der Waals surface area contributed by atoms with E-state index in [2.05, 4.69) is 19.9 Å². The van der Waals surface area contributed by atoms with E-state index in [-0.39, 0.29) is 17.2 Å². The van der Waals surface area contributed by atoms with Crippen molar-refractivity contribution in [1.29, 1.82) is 0 Å². The maximum Gasteiger partial charge on any atom is 0.573 e. The summed E-state index contributed by atoms with van der Waals surface area (Å²) in [6, 6.07) is 16.4. The minimum atomic E-state index is -4.82. The summed E-state index contributed by atoms with van der Waals surface area (Å²) in [5.41, 5.74) is 2.77. The predicted octanol–water partition coefficient (Wildman–Crippen LogP) is 4.21. The number of carbonyl (C=O) groups excluding carboxylic acids is 2. The molecule has 1 amide bonds. The molecule has 0 bridgehead atoms. The van der Waals surface area contributed by atoms with E-state index >= 15 is 0 Å². The van der Waals surface area contributed by atoms with E-state index in [9.17, 15) is 22.8 Å². The second-order valence-electron chi connectivity index (χ2n) is 8.98. The number of hydrogen-bond acceptors (Lipinski definition) is 7. The van der Waals surface area contributed by atoms with Crippen molar-refractivity contribution >= 4 is 22.9 Å². The number of nitrogens with zero attached hydrogens (tertiary/aromatic N) is 3. The summed E-state index contributed by atoms with van der Waals surface area (Å²) < 4.78 is 53.2. The number of morpholine rings is 1. The van der Waals surface area contributed by atoms with Gasteiger partial charge in [0.05, 0.1) is 29.8 Å². The van der Waals surface area contributed by atoms with Crippen molar-refractivity contribution in [2.24, 2.45) is 0 Å². The largest absolute Gasteiger partial charge is 0.573 e. The second kappa shape index (κ2) is 11.8. The summed E-state index contributed by atoms with van der Waals surface area (Å²) in [6.07, 6.45) is -3.18. The van der Waals surface area contributed by atoms with E-state index in [1.54, 1.807) is 42.7 Å². The van der Waals surface area contributed by atoms with Gasteiger partial charge in [-0.1, -0.05) is 0 Å². The molecular weight excluding hydrogens is 529 g/mol. The number of carbonyl (C=O) groups is 2. The summed E-state index contributed by atoms with van der Waals surface area (Å²) in [4.78, 5) is 31.7. The topological polar surface area (TPSA) is 94.9 Å². The first kappa shape index (κ1) is 27.2. The molecule has 40 heavy (non-hydrogen) atoms. The van der Waals surface area contributed by atoms with Gasteiger partial charge < -0.3 is 19.5 Å². The third-order valence-electron chi connectivity index (χ3n) is 6.28. The van der Waals surface area contributed by atoms with Gasteiger partial charge in [0.2, 0.25) is 0 Å². The molecule has 3 aromatic carbocycles. The highest BCUT2D eigenvalue weighted by atomic mass is 19.4. The first-order valence-electron chi connectivity index (χ1n) is 12.5. The molecule has 208 valence electrons. The Labute approximate surface area is 227 Å². The number of benzene rings is 3. The molecule has 1 fully saturated rings. The van der Waals surface area contributed by atoms with Gasteiger partial charge in [0.25, 0.3) is 5.91 Å². The fraction of sp³-hybridized carbons (Fsp3) is 0.250. The number of ether oxygens (including phenoxy) is 3. The highest BCUT2D eigenvalue weighted by Crippen LogP contribution is 2.24. The van der Waals surface area contributed by atoms with Gasteiger partial charge in [0.15, 0.2) is 0 Å². The summed E-state index contributed by atoms with van der Waals surface area (Å²) in [6.45, 7) is 4.45. The van der Waals surface area contributed by atoms with Crippen LogP contribution < -0.4 is 14.8 Å². The van der Waals surface area contributed by atoms with E-state index in [1.807, 2.05) is 10.6 Å². The standard InChI is InChI=1S/C28H25F3N4O5/c29-28(30,31)40-23-6-1-19(2-7-23)27(37)39-22-8-4-21(5-9-22)35-18-33-24-17-20(3-10-25(24)35)26(36)32-11-12-34-13-15-38-16-14-34/h1-10,17-18H,11-16H2,(H,32,36). The molecular formula is C28H25F3N4O5. The lowest BCUT2D eigenvalue weighted by molar-refractivity contribution is -0.274. The zero-order valence-corrected chi connectivity index (χ0v) is 21.2. The Balaban J connectivity index is 1.19. The molecule has 0 atom stereocenters. The van der Waals surface area contributed by atoms with Crippen molar-refractivity contribution in [3.05, 3.63) is 84.2 Å². The van der Waals surface area contributed by atoms with Gasteiger partial charge in [-0.25, -0.2) is 9.78 Å². The van der Waals surface area contributed by atoms with Crippen molar-refractivity contribution < 1.29 is 37.0 Å². The molecule has 12 heteroatoms. The Hall–Kier alpha value is -4.42. The first-order chi connectivity index (χ1) is 19.2. The van der Waals surface area contributed by atoms with Crippen LogP contribution >= 0.6 is 0 Å². The average molecular weight is 555 g/mol. The molecule has 1 saturated heterocycles. The maximum atomic E-state index is 12.6. The van der Waals surface area contributed by atoms with Crippen LogP contribution in [0.3, 0.4) is 0 Å². The SMILES string of the molecule is O=C(NCCN1CCOCC1)c1ccc2c(c1)ncn2-c1ccc(OC(=O)c2ccc(OC(F)(F)F)cc2)cc1. The normalized spacial score (nSPS) is 14.2. The lowest BCUT2D eigenvalue weighted by Gasteiger charge is -2.26. The van der Waals surface area contributed by atoms with Gasteiger partial charge in [-0.15, -0.1) is 13.2 Å². The quantitative estimate of drug-likeness (QED) is 0.258. The van der Waals surface area contributed by atoms with Crippen LogP contribution in [0.2, 0.25) is 0 Å². The number of hydrogen-bond donors (Lipinski definition) is 1. The number of alkyl halides is 3. The van der Waals surface area contributed by atoms with E-state index in [0.717, 1.165) is 43.0 Å². The second-order valence-corrected chi connectivity index (χ2v) is 8.98. The first-order valence-corrected chi connectivity index (χ1v) is 12.5. The Morgan fingerprint density at radius 2 is 1.60 bits per heavy atom. The van der Waals surface area contributed by atoms with Crippen molar-refractivity contribution in [3.8, 4) is 17.2 Å². The fourth-order valence-electron chi connectivity index (χ4n) is 4.25. The van der Waals surface area contributed by atoms with Gasteiger partial charge in [-0.05, 0) is 66.7 Å². The number of halogens is 3.